The van der Waals surface area contributed by atoms with Gasteiger partial charge in [0, 0.05) is 63.0 Å². The highest BCUT2D eigenvalue weighted by Crippen LogP contribution is 2.36. The Morgan fingerprint density at radius 3 is 2.57 bits per heavy atom. The normalized spacial score (nSPS) is 27.4. The number of anilines is 2. The molecule has 30 heavy (non-hydrogen) atoms. The lowest BCUT2D eigenvalue weighted by atomic mass is 9.84. The lowest BCUT2D eigenvalue weighted by molar-refractivity contribution is -0.120. The van der Waals surface area contributed by atoms with Crippen molar-refractivity contribution in [3.8, 4) is 0 Å². The van der Waals surface area contributed by atoms with Crippen LogP contribution < -0.4 is 20.7 Å². The predicted molar refractivity (Wildman–Crippen MR) is 114 cm³/mol. The Morgan fingerprint density at radius 1 is 1.07 bits per heavy atom. The monoisotopic (exact) mass is 410 g/mol. The fraction of sp³-hybridized carbons (Fsp3) is 0.455. The summed E-state index contributed by atoms with van der Waals surface area (Å²) in [6, 6.07) is 11.7. The Bertz CT molecular complexity index is 914. The Balaban J connectivity index is 1.33. The van der Waals surface area contributed by atoms with Gasteiger partial charge in [0.15, 0.2) is 11.6 Å². The molecule has 3 saturated heterocycles. The predicted octanol–water partition coefficient (Wildman–Crippen LogP) is 1.54. The summed E-state index contributed by atoms with van der Waals surface area (Å²) in [5.74, 6) is -0.305. The first-order chi connectivity index (χ1) is 14.6. The summed E-state index contributed by atoms with van der Waals surface area (Å²) in [4.78, 5) is 23.0. The molecule has 3 fully saturated rings. The van der Waals surface area contributed by atoms with E-state index in [0.29, 0.717) is 13.0 Å². The van der Waals surface area contributed by atoms with Crippen LogP contribution in [0.1, 0.15) is 18.0 Å². The standard InChI is InChI=1S/C22H27FN6O/c1-27-9-11-28(12-10-27)16-6-4-15(5-7-16)21-17-14-29(20(30)13-19(17)25-26-21)22-18(23)3-2-8-24-22/h2-8,17,19,21,25-26H,9-14H2,1H3. The van der Waals surface area contributed by atoms with Gasteiger partial charge in [0.25, 0.3) is 0 Å². The van der Waals surface area contributed by atoms with Crippen LogP contribution in [0.25, 0.3) is 0 Å². The maximum atomic E-state index is 14.3. The van der Waals surface area contributed by atoms with Crippen molar-refractivity contribution in [1.82, 2.24) is 20.7 Å². The van der Waals surface area contributed by atoms with Crippen molar-refractivity contribution < 1.29 is 9.18 Å². The highest BCUT2D eigenvalue weighted by atomic mass is 19.1. The fourth-order valence-corrected chi connectivity index (χ4v) is 4.76. The van der Waals surface area contributed by atoms with Gasteiger partial charge in [0.1, 0.15) is 0 Å². The molecule has 1 aromatic carbocycles. The molecule has 158 valence electrons. The van der Waals surface area contributed by atoms with Gasteiger partial charge in [-0.25, -0.2) is 14.8 Å². The van der Waals surface area contributed by atoms with Gasteiger partial charge >= 0.3 is 0 Å². The van der Waals surface area contributed by atoms with Gasteiger partial charge < -0.3 is 9.80 Å². The van der Waals surface area contributed by atoms with Crippen LogP contribution in [0.4, 0.5) is 15.9 Å². The molecule has 0 aliphatic carbocycles. The number of pyridine rings is 1. The highest BCUT2D eigenvalue weighted by Gasteiger charge is 2.44. The number of carbonyl (C=O) groups excluding carboxylic acids is 1. The number of nitrogens with one attached hydrogen (secondary N) is 2. The third-order valence-corrected chi connectivity index (χ3v) is 6.57. The van der Waals surface area contributed by atoms with E-state index >= 15 is 0 Å². The number of piperidine rings is 1. The first-order valence-corrected chi connectivity index (χ1v) is 10.6. The molecule has 3 unspecified atom stereocenters. The molecular formula is C22H27FN6O. The highest BCUT2D eigenvalue weighted by molar-refractivity contribution is 5.94. The average molecular weight is 410 g/mol. The molecule has 0 bridgehead atoms. The van der Waals surface area contributed by atoms with Crippen LogP contribution >= 0.6 is 0 Å². The third kappa shape index (κ3) is 3.55. The molecule has 4 heterocycles. The SMILES string of the molecule is CN1CCN(c2ccc(C3NNC4CC(=O)N(c5ncccc5F)CC43)cc2)CC1. The summed E-state index contributed by atoms with van der Waals surface area (Å²) in [6.45, 7) is 4.66. The number of carbonyl (C=O) groups is 1. The Morgan fingerprint density at radius 2 is 1.83 bits per heavy atom. The summed E-state index contributed by atoms with van der Waals surface area (Å²) < 4.78 is 14.3. The second kappa shape index (κ2) is 7.94. The van der Waals surface area contributed by atoms with Crippen molar-refractivity contribution in [2.24, 2.45) is 5.92 Å². The topological polar surface area (TPSA) is 63.7 Å². The quantitative estimate of drug-likeness (QED) is 0.801. The Hall–Kier alpha value is -2.55. The fourth-order valence-electron chi connectivity index (χ4n) is 4.76. The number of fused-ring (bicyclic) bond motifs is 1. The van der Waals surface area contributed by atoms with Crippen LogP contribution in [0.2, 0.25) is 0 Å². The molecule has 3 aliphatic rings. The van der Waals surface area contributed by atoms with E-state index in [1.807, 2.05) is 0 Å². The number of aromatic nitrogens is 1. The summed E-state index contributed by atoms with van der Waals surface area (Å²) in [6.07, 6.45) is 1.85. The molecule has 0 saturated carbocycles. The number of piperazine rings is 1. The number of hydrazine groups is 1. The first-order valence-electron chi connectivity index (χ1n) is 10.6. The minimum atomic E-state index is -0.462. The van der Waals surface area contributed by atoms with Gasteiger partial charge in [-0.05, 0) is 36.9 Å². The maximum absolute atomic E-state index is 14.3. The van der Waals surface area contributed by atoms with E-state index in [1.165, 1.54) is 28.4 Å². The summed E-state index contributed by atoms with van der Waals surface area (Å²) in [7, 11) is 2.16. The Kier molecular flexibility index (Phi) is 5.14. The van der Waals surface area contributed by atoms with Crippen LogP contribution in [0.3, 0.4) is 0 Å². The molecule has 1 aromatic heterocycles. The number of nitrogens with zero attached hydrogens (tertiary/aromatic N) is 4. The van der Waals surface area contributed by atoms with Crippen LogP contribution in [0, 0.1) is 11.7 Å². The van der Waals surface area contributed by atoms with E-state index in [-0.39, 0.29) is 29.7 Å². The van der Waals surface area contributed by atoms with E-state index < -0.39 is 5.82 Å². The number of hydrogen-bond acceptors (Lipinski definition) is 6. The van der Waals surface area contributed by atoms with Gasteiger partial charge in [0.05, 0.1) is 6.04 Å². The number of benzene rings is 1. The summed E-state index contributed by atoms with van der Waals surface area (Å²) in [5, 5.41) is 0. The van der Waals surface area contributed by atoms with Gasteiger partial charge in [-0.15, -0.1) is 0 Å². The number of halogens is 1. The number of hydrogen-bond donors (Lipinski definition) is 2. The van der Waals surface area contributed by atoms with Crippen molar-refractivity contribution >= 4 is 17.4 Å². The van der Waals surface area contributed by atoms with Crippen LogP contribution in [-0.2, 0) is 4.79 Å². The second-order valence-corrected chi connectivity index (χ2v) is 8.44. The van der Waals surface area contributed by atoms with E-state index in [9.17, 15) is 9.18 Å². The lowest BCUT2D eigenvalue weighted by Crippen LogP contribution is -2.49. The largest absolute Gasteiger partial charge is 0.369 e. The van der Waals surface area contributed by atoms with Crippen molar-refractivity contribution in [1.29, 1.82) is 0 Å². The zero-order chi connectivity index (χ0) is 20.7. The van der Waals surface area contributed by atoms with E-state index in [2.05, 4.69) is 56.9 Å². The number of rotatable bonds is 3. The third-order valence-electron chi connectivity index (χ3n) is 6.57. The van der Waals surface area contributed by atoms with Crippen molar-refractivity contribution in [3.63, 3.8) is 0 Å². The first kappa shape index (κ1) is 19.4. The smallest absolute Gasteiger partial charge is 0.229 e. The molecule has 3 atom stereocenters. The van der Waals surface area contributed by atoms with Crippen LogP contribution in [-0.4, -0.2) is 61.6 Å². The van der Waals surface area contributed by atoms with Crippen molar-refractivity contribution in [3.05, 3.63) is 54.0 Å². The van der Waals surface area contributed by atoms with Gasteiger partial charge in [0.2, 0.25) is 5.91 Å². The molecule has 0 spiro atoms. The summed E-state index contributed by atoms with van der Waals surface area (Å²) >= 11 is 0. The molecule has 5 rings (SSSR count). The molecule has 0 radical (unpaired) electrons. The average Bonchev–Trinajstić information content (AvgIpc) is 3.17. The van der Waals surface area contributed by atoms with E-state index in [4.69, 9.17) is 0 Å². The second-order valence-electron chi connectivity index (χ2n) is 8.44. The zero-order valence-corrected chi connectivity index (χ0v) is 17.1. The molecule has 8 heteroatoms. The number of amides is 1. The molecule has 3 aliphatic heterocycles. The molecule has 7 nitrogen and oxygen atoms in total. The molecule has 1 amide bonds. The van der Waals surface area contributed by atoms with E-state index in [1.54, 1.807) is 6.07 Å². The van der Waals surface area contributed by atoms with Crippen LogP contribution in [0.5, 0.6) is 0 Å². The minimum absolute atomic E-state index is 0.0304. The van der Waals surface area contributed by atoms with E-state index in [0.717, 1.165) is 26.2 Å². The van der Waals surface area contributed by atoms with Gasteiger partial charge in [-0.1, -0.05) is 12.1 Å². The van der Waals surface area contributed by atoms with Gasteiger partial charge in [-0.2, -0.15) is 0 Å². The van der Waals surface area contributed by atoms with Gasteiger partial charge in [-0.3, -0.25) is 15.1 Å². The van der Waals surface area contributed by atoms with Crippen molar-refractivity contribution in [2.45, 2.75) is 18.5 Å². The molecular weight excluding hydrogens is 383 g/mol. The minimum Gasteiger partial charge on any atom is -0.369 e. The molecule has 2 N–H and O–H groups in total. The number of likely N-dealkylation sites (N-methyl/N-ethyl adjacent to an activating group) is 1. The van der Waals surface area contributed by atoms with Crippen molar-refractivity contribution in [2.75, 3.05) is 49.6 Å². The van der Waals surface area contributed by atoms with Crippen LogP contribution in [0.15, 0.2) is 42.6 Å². The molecule has 2 aromatic rings. The maximum Gasteiger partial charge on any atom is 0.229 e. The lowest BCUT2D eigenvalue weighted by Gasteiger charge is -2.35. The zero-order valence-electron chi connectivity index (χ0n) is 17.1. The Labute approximate surface area is 175 Å². The summed E-state index contributed by atoms with van der Waals surface area (Å²) in [5.41, 5.74) is 9.05.